The second kappa shape index (κ2) is 13.6. The van der Waals surface area contributed by atoms with Crippen LogP contribution in [-0.2, 0) is 16.0 Å². The molecule has 8 heteroatoms. The number of anilines is 1. The Morgan fingerprint density at radius 3 is 2.74 bits per heavy atom. The number of ether oxygens (including phenoxy) is 1. The van der Waals surface area contributed by atoms with Gasteiger partial charge in [-0.05, 0) is 44.2 Å². The maximum Gasteiger partial charge on any atom is 0.321 e. The summed E-state index contributed by atoms with van der Waals surface area (Å²) in [4.78, 5) is 34.0. The number of carbonyl (C=O) groups excluding carboxylic acids is 2. The molecule has 1 aromatic carbocycles. The van der Waals surface area contributed by atoms with E-state index in [4.69, 9.17) is 9.72 Å². The summed E-state index contributed by atoms with van der Waals surface area (Å²) in [6.45, 7) is 9.10. The molecule has 0 radical (unpaired) electrons. The van der Waals surface area contributed by atoms with Gasteiger partial charge in [0, 0.05) is 56.3 Å². The molecule has 2 aromatic rings. The molecule has 1 fully saturated rings. The Balaban J connectivity index is 1.65. The molecule has 0 saturated carbocycles. The minimum absolute atomic E-state index is 0.0732. The maximum atomic E-state index is 13.1. The first-order valence-electron chi connectivity index (χ1n) is 12.9. The minimum atomic E-state index is -0.499. The Hall–Kier alpha value is -2.45. The van der Waals surface area contributed by atoms with Crippen molar-refractivity contribution in [2.24, 2.45) is 5.92 Å². The molecule has 1 atom stereocenters. The van der Waals surface area contributed by atoms with Gasteiger partial charge < -0.3 is 15.0 Å². The predicted octanol–water partition coefficient (Wildman–Crippen LogP) is 5.35. The number of thiazole rings is 1. The highest BCUT2D eigenvalue weighted by atomic mass is 32.1. The van der Waals surface area contributed by atoms with E-state index in [-0.39, 0.29) is 11.9 Å². The van der Waals surface area contributed by atoms with Crippen LogP contribution in [0.1, 0.15) is 57.9 Å². The standard InChI is InChI=1S/C27H40N4O3S/c1-5-7-8-14-28-27(33)30(4)22-11-9-10-21(17-22)23-19-35-25(29-23)18-24(34-6-2)26(32)31-15-12-20(3)13-16-31/h9-11,17,19-20,24H,5-8,12-16,18H2,1-4H3,(H,28,33). The van der Waals surface area contributed by atoms with Crippen LogP contribution in [0.5, 0.6) is 0 Å². The summed E-state index contributed by atoms with van der Waals surface area (Å²) in [6.07, 6.45) is 5.30. The van der Waals surface area contributed by atoms with Crippen LogP contribution < -0.4 is 10.2 Å². The number of nitrogens with zero attached hydrogens (tertiary/aromatic N) is 3. The van der Waals surface area contributed by atoms with Crippen LogP contribution in [0.15, 0.2) is 29.6 Å². The normalized spacial score (nSPS) is 15.1. The Morgan fingerprint density at radius 2 is 2.03 bits per heavy atom. The summed E-state index contributed by atoms with van der Waals surface area (Å²) in [6, 6.07) is 7.72. The molecule has 7 nitrogen and oxygen atoms in total. The van der Waals surface area contributed by atoms with E-state index in [2.05, 4.69) is 19.2 Å². The molecule has 3 amide bonds. The Morgan fingerprint density at radius 1 is 1.26 bits per heavy atom. The predicted molar refractivity (Wildman–Crippen MR) is 143 cm³/mol. The molecule has 1 aliphatic heterocycles. The fourth-order valence-corrected chi connectivity index (χ4v) is 5.06. The second-order valence-corrected chi connectivity index (χ2v) is 10.3. The Kier molecular flexibility index (Phi) is 10.5. The first kappa shape index (κ1) is 27.1. The Labute approximate surface area is 213 Å². The van der Waals surface area contributed by atoms with Gasteiger partial charge in [0.25, 0.3) is 5.91 Å². The zero-order valence-corrected chi connectivity index (χ0v) is 22.4. The van der Waals surface area contributed by atoms with Crippen molar-refractivity contribution in [1.29, 1.82) is 0 Å². The van der Waals surface area contributed by atoms with Gasteiger partial charge in [0.05, 0.1) is 10.7 Å². The molecule has 35 heavy (non-hydrogen) atoms. The highest BCUT2D eigenvalue weighted by Gasteiger charge is 2.28. The van der Waals surface area contributed by atoms with Crippen LogP contribution >= 0.6 is 11.3 Å². The number of unbranched alkanes of at least 4 members (excludes halogenated alkanes) is 2. The summed E-state index contributed by atoms with van der Waals surface area (Å²) < 4.78 is 5.85. The maximum absolute atomic E-state index is 13.1. The number of carbonyl (C=O) groups is 2. The topological polar surface area (TPSA) is 74.8 Å². The molecular weight excluding hydrogens is 460 g/mol. The van der Waals surface area contributed by atoms with Gasteiger partial charge >= 0.3 is 6.03 Å². The number of piperidine rings is 1. The van der Waals surface area contributed by atoms with Gasteiger partial charge in [-0.1, -0.05) is 38.8 Å². The fourth-order valence-electron chi connectivity index (χ4n) is 4.23. The first-order chi connectivity index (χ1) is 16.9. The largest absolute Gasteiger partial charge is 0.368 e. The van der Waals surface area contributed by atoms with Gasteiger partial charge in [0.1, 0.15) is 6.10 Å². The van der Waals surface area contributed by atoms with E-state index in [0.717, 1.165) is 67.1 Å². The van der Waals surface area contributed by atoms with Gasteiger partial charge in [-0.15, -0.1) is 11.3 Å². The average molecular weight is 501 g/mol. The number of hydrogen-bond acceptors (Lipinski definition) is 5. The number of nitrogens with one attached hydrogen (secondary N) is 1. The van der Waals surface area contributed by atoms with Gasteiger partial charge in [0.2, 0.25) is 0 Å². The molecule has 0 aliphatic carbocycles. The third-order valence-corrected chi connectivity index (χ3v) is 7.41. The molecule has 192 valence electrons. The summed E-state index contributed by atoms with van der Waals surface area (Å²) in [7, 11) is 1.78. The van der Waals surface area contributed by atoms with E-state index in [0.29, 0.717) is 25.5 Å². The minimum Gasteiger partial charge on any atom is -0.368 e. The number of aromatic nitrogens is 1. The average Bonchev–Trinajstić information content (AvgIpc) is 3.34. The van der Waals surface area contributed by atoms with Crippen molar-refractivity contribution in [3.8, 4) is 11.3 Å². The molecule has 1 aliphatic rings. The lowest BCUT2D eigenvalue weighted by molar-refractivity contribution is -0.144. The number of likely N-dealkylation sites (tertiary alicyclic amines) is 1. The smallest absolute Gasteiger partial charge is 0.321 e. The van der Waals surface area contributed by atoms with E-state index in [1.165, 1.54) is 0 Å². The van der Waals surface area contributed by atoms with Crippen molar-refractivity contribution in [3.63, 3.8) is 0 Å². The molecular formula is C27H40N4O3S. The first-order valence-corrected chi connectivity index (χ1v) is 13.8. The van der Waals surface area contributed by atoms with E-state index in [1.807, 2.05) is 41.5 Å². The molecule has 2 heterocycles. The van der Waals surface area contributed by atoms with Crippen LogP contribution in [0, 0.1) is 5.92 Å². The third-order valence-electron chi connectivity index (χ3n) is 6.54. The van der Waals surface area contributed by atoms with E-state index in [1.54, 1.807) is 23.3 Å². The molecule has 1 N–H and O–H groups in total. The van der Waals surface area contributed by atoms with Crippen molar-refractivity contribution in [3.05, 3.63) is 34.7 Å². The summed E-state index contributed by atoms with van der Waals surface area (Å²) >= 11 is 1.54. The third kappa shape index (κ3) is 7.77. The summed E-state index contributed by atoms with van der Waals surface area (Å²) in [5.41, 5.74) is 2.60. The zero-order chi connectivity index (χ0) is 25.2. The molecule has 0 bridgehead atoms. The number of benzene rings is 1. The lowest BCUT2D eigenvalue weighted by Gasteiger charge is -2.32. The highest BCUT2D eigenvalue weighted by molar-refractivity contribution is 7.10. The van der Waals surface area contributed by atoms with Crippen molar-refractivity contribution < 1.29 is 14.3 Å². The Bertz CT molecular complexity index is 955. The summed E-state index contributed by atoms with van der Waals surface area (Å²) in [5, 5.41) is 5.86. The SMILES string of the molecule is CCCCCNC(=O)N(C)c1cccc(-c2csc(CC(OCC)C(=O)N3CCC(C)CC3)n2)c1. The molecule has 1 aromatic heterocycles. The van der Waals surface area contributed by atoms with Gasteiger partial charge in [0.15, 0.2) is 0 Å². The van der Waals surface area contributed by atoms with E-state index >= 15 is 0 Å². The van der Waals surface area contributed by atoms with Crippen LogP contribution in [0.4, 0.5) is 10.5 Å². The fraction of sp³-hybridized carbons (Fsp3) is 0.593. The molecule has 1 unspecified atom stereocenters. The monoisotopic (exact) mass is 500 g/mol. The quantitative estimate of drug-likeness (QED) is 0.422. The number of hydrogen-bond donors (Lipinski definition) is 1. The van der Waals surface area contributed by atoms with Gasteiger partial charge in [-0.3, -0.25) is 9.69 Å². The van der Waals surface area contributed by atoms with Gasteiger partial charge in [-0.25, -0.2) is 9.78 Å². The van der Waals surface area contributed by atoms with Crippen LogP contribution in [-0.4, -0.2) is 61.2 Å². The van der Waals surface area contributed by atoms with Crippen LogP contribution in [0.25, 0.3) is 11.3 Å². The number of rotatable bonds is 11. The number of urea groups is 1. The van der Waals surface area contributed by atoms with Crippen molar-refractivity contribution in [1.82, 2.24) is 15.2 Å². The second-order valence-electron chi connectivity index (χ2n) is 9.33. The van der Waals surface area contributed by atoms with E-state index in [9.17, 15) is 9.59 Å². The lowest BCUT2D eigenvalue weighted by Crippen LogP contribution is -2.45. The van der Waals surface area contributed by atoms with Crippen LogP contribution in [0.3, 0.4) is 0 Å². The number of amides is 3. The van der Waals surface area contributed by atoms with Crippen LogP contribution in [0.2, 0.25) is 0 Å². The molecule has 3 rings (SSSR count). The van der Waals surface area contributed by atoms with E-state index < -0.39 is 6.10 Å². The highest BCUT2D eigenvalue weighted by Crippen LogP contribution is 2.27. The molecule has 1 saturated heterocycles. The lowest BCUT2D eigenvalue weighted by atomic mass is 9.98. The van der Waals surface area contributed by atoms with Crippen molar-refractivity contribution >= 4 is 29.0 Å². The van der Waals surface area contributed by atoms with Gasteiger partial charge in [-0.2, -0.15) is 0 Å². The molecule has 0 spiro atoms. The summed E-state index contributed by atoms with van der Waals surface area (Å²) in [5.74, 6) is 0.747. The van der Waals surface area contributed by atoms with Crippen molar-refractivity contribution in [2.45, 2.75) is 65.4 Å². The van der Waals surface area contributed by atoms with Crippen molar-refractivity contribution in [2.75, 3.05) is 38.2 Å². The zero-order valence-electron chi connectivity index (χ0n) is 21.6.